The zero-order valence-electron chi connectivity index (χ0n) is 7.62. The number of carbonyl (C=O) groups is 1. The average molecular weight is 227 g/mol. The Morgan fingerprint density at radius 3 is 2.00 bits per heavy atom. The predicted molar refractivity (Wildman–Crippen MR) is 47.5 cm³/mol. The molecule has 0 spiro atoms. The van der Waals surface area contributed by atoms with Crippen LogP contribution >= 0.6 is 0 Å². The second-order valence-corrected chi connectivity index (χ2v) is 3.82. The molecule has 1 rings (SSSR count). The quantitative estimate of drug-likeness (QED) is 0.518. The molecule has 0 radical (unpaired) electrons. The average Bonchev–Trinajstić information content (AvgIpc) is 2.30. The van der Waals surface area contributed by atoms with Gasteiger partial charge in [-0.2, -0.15) is 8.42 Å². The molecule has 1 fully saturated rings. The van der Waals surface area contributed by atoms with Gasteiger partial charge < -0.3 is 5.11 Å². The zero-order chi connectivity index (χ0) is 11.4. The number of rotatable bonds is 1. The van der Waals surface area contributed by atoms with Gasteiger partial charge in [0.1, 0.15) is 6.04 Å². The SMILES string of the molecule is CN1CCC[C@H]1C(=O)O.O=S(=O)(O)O. The molecule has 1 aliphatic rings. The molecule has 1 heterocycles. The predicted octanol–water partition coefficient (Wildman–Crippen LogP) is -0.488. The van der Waals surface area contributed by atoms with E-state index in [0.717, 1.165) is 19.4 Å². The summed E-state index contributed by atoms with van der Waals surface area (Å²) in [6, 6.07) is -0.218. The van der Waals surface area contributed by atoms with Gasteiger partial charge in [-0.25, -0.2) is 0 Å². The molecule has 0 aliphatic carbocycles. The van der Waals surface area contributed by atoms with Crippen molar-refractivity contribution >= 4 is 16.4 Å². The molecule has 0 aromatic carbocycles. The summed E-state index contributed by atoms with van der Waals surface area (Å²) in [7, 11) is -2.81. The highest BCUT2D eigenvalue weighted by Gasteiger charge is 2.26. The van der Waals surface area contributed by atoms with E-state index in [0.29, 0.717) is 0 Å². The van der Waals surface area contributed by atoms with Gasteiger partial charge in [-0.05, 0) is 26.4 Å². The Bertz CT molecular complexity index is 279. The van der Waals surface area contributed by atoms with Gasteiger partial charge >= 0.3 is 16.4 Å². The Labute approximate surface area is 81.9 Å². The molecule has 1 atom stereocenters. The molecule has 1 saturated heterocycles. The third-order valence-electron chi connectivity index (χ3n) is 1.81. The summed E-state index contributed by atoms with van der Waals surface area (Å²) in [4.78, 5) is 12.2. The highest BCUT2D eigenvalue weighted by molar-refractivity contribution is 7.79. The van der Waals surface area contributed by atoms with Gasteiger partial charge in [-0.1, -0.05) is 0 Å². The largest absolute Gasteiger partial charge is 0.480 e. The summed E-state index contributed by atoms with van der Waals surface area (Å²) in [5.41, 5.74) is 0. The lowest BCUT2D eigenvalue weighted by Crippen LogP contribution is -2.32. The third-order valence-corrected chi connectivity index (χ3v) is 1.81. The fourth-order valence-electron chi connectivity index (χ4n) is 1.22. The number of aliphatic carboxylic acids is 1. The Morgan fingerprint density at radius 1 is 1.43 bits per heavy atom. The van der Waals surface area contributed by atoms with Crippen LogP contribution in [-0.4, -0.2) is 53.1 Å². The third kappa shape index (κ3) is 6.78. The topological polar surface area (TPSA) is 115 Å². The van der Waals surface area contributed by atoms with Crippen molar-refractivity contribution in [3.8, 4) is 0 Å². The number of hydrogen-bond acceptors (Lipinski definition) is 4. The number of likely N-dealkylation sites (N-methyl/N-ethyl adjacent to an activating group) is 1. The Morgan fingerprint density at radius 2 is 1.86 bits per heavy atom. The van der Waals surface area contributed by atoms with Crippen molar-refractivity contribution in [3.63, 3.8) is 0 Å². The van der Waals surface area contributed by atoms with E-state index < -0.39 is 16.4 Å². The monoisotopic (exact) mass is 227 g/mol. The molecule has 3 N–H and O–H groups in total. The first-order valence-corrected chi connectivity index (χ1v) is 5.24. The molecule has 7 nitrogen and oxygen atoms in total. The standard InChI is InChI=1S/C6H11NO2.H2O4S/c1-7-4-2-3-5(7)6(8)9;1-5(2,3)4/h5H,2-4H2,1H3,(H,8,9);(H2,1,2,3,4)/t5-;/m0./s1. The van der Waals surface area contributed by atoms with E-state index in [9.17, 15) is 4.79 Å². The Hall–Kier alpha value is -0.700. The lowest BCUT2D eigenvalue weighted by molar-refractivity contribution is -0.141. The highest BCUT2D eigenvalue weighted by Crippen LogP contribution is 2.13. The lowest BCUT2D eigenvalue weighted by atomic mass is 10.2. The summed E-state index contributed by atoms with van der Waals surface area (Å²) in [6.45, 7) is 0.928. The van der Waals surface area contributed by atoms with Crippen LogP contribution in [0.4, 0.5) is 0 Å². The maximum absolute atomic E-state index is 10.4. The summed E-state index contributed by atoms with van der Waals surface area (Å²) < 4.78 is 31.6. The number of carboxylic acids is 1. The molecule has 0 aromatic heterocycles. The van der Waals surface area contributed by atoms with Crippen molar-refractivity contribution in [1.29, 1.82) is 0 Å². The lowest BCUT2D eigenvalue weighted by Gasteiger charge is -2.13. The summed E-state index contributed by atoms with van der Waals surface area (Å²) >= 11 is 0. The van der Waals surface area contributed by atoms with Crippen LogP contribution in [-0.2, 0) is 15.2 Å². The number of nitrogens with zero attached hydrogens (tertiary/aromatic N) is 1. The first-order valence-electron chi connectivity index (χ1n) is 3.84. The molecular formula is C6H13NO6S. The first kappa shape index (κ1) is 13.3. The molecule has 0 bridgehead atoms. The number of likely N-dealkylation sites (tertiary alicyclic amines) is 1. The van der Waals surface area contributed by atoms with E-state index >= 15 is 0 Å². The summed E-state index contributed by atoms with van der Waals surface area (Å²) in [5, 5.41) is 8.54. The van der Waals surface area contributed by atoms with E-state index in [1.165, 1.54) is 0 Å². The van der Waals surface area contributed by atoms with Gasteiger partial charge in [-0.3, -0.25) is 18.8 Å². The van der Waals surface area contributed by atoms with Crippen LogP contribution < -0.4 is 0 Å². The smallest absolute Gasteiger partial charge is 0.394 e. The number of hydrogen-bond donors (Lipinski definition) is 3. The van der Waals surface area contributed by atoms with E-state index in [4.69, 9.17) is 22.6 Å². The zero-order valence-corrected chi connectivity index (χ0v) is 8.44. The molecule has 0 saturated carbocycles. The molecule has 1 aliphatic heterocycles. The van der Waals surface area contributed by atoms with E-state index in [1.54, 1.807) is 0 Å². The Balaban J connectivity index is 0.000000292. The molecule has 0 amide bonds. The van der Waals surface area contributed by atoms with Crippen LogP contribution in [0.15, 0.2) is 0 Å². The second kappa shape index (κ2) is 5.25. The maximum atomic E-state index is 10.4. The van der Waals surface area contributed by atoms with Crippen molar-refractivity contribution in [2.45, 2.75) is 18.9 Å². The molecule has 8 heteroatoms. The first-order chi connectivity index (χ1) is 6.22. The van der Waals surface area contributed by atoms with Crippen LogP contribution in [0.2, 0.25) is 0 Å². The van der Waals surface area contributed by atoms with Crippen molar-refractivity contribution in [1.82, 2.24) is 4.90 Å². The highest BCUT2D eigenvalue weighted by atomic mass is 32.3. The fourth-order valence-corrected chi connectivity index (χ4v) is 1.22. The van der Waals surface area contributed by atoms with Crippen molar-refractivity contribution in [2.24, 2.45) is 0 Å². The van der Waals surface area contributed by atoms with Crippen molar-refractivity contribution < 1.29 is 27.4 Å². The van der Waals surface area contributed by atoms with E-state index in [2.05, 4.69) is 0 Å². The minimum absolute atomic E-state index is 0.218. The summed E-state index contributed by atoms with van der Waals surface area (Å²) in [5.74, 6) is -0.685. The van der Waals surface area contributed by atoms with Crippen LogP contribution in [0.1, 0.15) is 12.8 Å². The Kier molecular flexibility index (Phi) is 4.99. The van der Waals surface area contributed by atoms with E-state index in [1.807, 2.05) is 11.9 Å². The van der Waals surface area contributed by atoms with Crippen LogP contribution in [0.3, 0.4) is 0 Å². The van der Waals surface area contributed by atoms with Crippen molar-refractivity contribution in [2.75, 3.05) is 13.6 Å². The number of carboxylic acid groups (broad SMARTS) is 1. The van der Waals surface area contributed by atoms with Gasteiger partial charge in [-0.15, -0.1) is 0 Å². The second-order valence-electron chi connectivity index (χ2n) is 2.92. The van der Waals surface area contributed by atoms with Gasteiger partial charge in [0.05, 0.1) is 0 Å². The normalized spacial score (nSPS) is 22.6. The van der Waals surface area contributed by atoms with Crippen molar-refractivity contribution in [3.05, 3.63) is 0 Å². The van der Waals surface area contributed by atoms with Crippen LogP contribution in [0.5, 0.6) is 0 Å². The molecule has 0 aromatic rings. The van der Waals surface area contributed by atoms with Crippen LogP contribution in [0.25, 0.3) is 0 Å². The fraction of sp³-hybridized carbons (Fsp3) is 0.833. The van der Waals surface area contributed by atoms with Crippen LogP contribution in [0, 0.1) is 0 Å². The molecule has 84 valence electrons. The summed E-state index contributed by atoms with van der Waals surface area (Å²) in [6.07, 6.45) is 1.83. The van der Waals surface area contributed by atoms with Gasteiger partial charge in [0, 0.05) is 0 Å². The van der Waals surface area contributed by atoms with E-state index in [-0.39, 0.29) is 6.04 Å². The van der Waals surface area contributed by atoms with Gasteiger partial charge in [0.15, 0.2) is 0 Å². The molecule has 14 heavy (non-hydrogen) atoms. The molecular weight excluding hydrogens is 214 g/mol. The maximum Gasteiger partial charge on any atom is 0.394 e. The minimum Gasteiger partial charge on any atom is -0.480 e. The van der Waals surface area contributed by atoms with Gasteiger partial charge in [0.25, 0.3) is 0 Å². The van der Waals surface area contributed by atoms with Gasteiger partial charge in [0.2, 0.25) is 0 Å². The molecule has 0 unspecified atom stereocenters. The minimum atomic E-state index is -4.67.